The first-order valence-corrected chi connectivity index (χ1v) is 9.23. The highest BCUT2D eigenvalue weighted by Gasteiger charge is 2.22. The first-order valence-electron chi connectivity index (χ1n) is 7.79. The maximum absolute atomic E-state index is 12.8. The van der Waals surface area contributed by atoms with Gasteiger partial charge in [-0.15, -0.1) is 0 Å². The molecule has 0 aliphatic heterocycles. The van der Waals surface area contributed by atoms with Gasteiger partial charge in [-0.1, -0.05) is 35.6 Å². The fourth-order valence-electron chi connectivity index (χ4n) is 1.79. The molecular formula is C18H21NO7S. The number of aryl methyl sites for hydroxylation is 1. The molecule has 0 spiro atoms. The SMILES string of the molecule is COC(=O)/C=C\CN(CC#CCOC(=O)OC)S(=O)(=O)c1ccc(C)cc1. The lowest BCUT2D eigenvalue weighted by Crippen LogP contribution is -2.32. The van der Waals surface area contributed by atoms with Gasteiger partial charge in [-0.2, -0.15) is 4.31 Å². The van der Waals surface area contributed by atoms with Crippen LogP contribution in [0.3, 0.4) is 0 Å². The van der Waals surface area contributed by atoms with Crippen molar-refractivity contribution in [2.24, 2.45) is 0 Å². The fraction of sp³-hybridized carbons (Fsp3) is 0.333. The normalized spacial score (nSPS) is 11.0. The second kappa shape index (κ2) is 11.0. The molecule has 0 fully saturated rings. The molecule has 8 nitrogen and oxygen atoms in total. The third-order valence-electron chi connectivity index (χ3n) is 3.23. The summed E-state index contributed by atoms with van der Waals surface area (Å²) < 4.78 is 40.1. The van der Waals surface area contributed by atoms with Crippen molar-refractivity contribution in [1.29, 1.82) is 0 Å². The van der Waals surface area contributed by atoms with E-state index in [1.165, 1.54) is 32.4 Å². The zero-order valence-electron chi connectivity index (χ0n) is 15.3. The molecule has 1 aromatic rings. The van der Waals surface area contributed by atoms with Crippen LogP contribution >= 0.6 is 0 Å². The van der Waals surface area contributed by atoms with E-state index in [1.54, 1.807) is 12.1 Å². The fourth-order valence-corrected chi connectivity index (χ4v) is 3.09. The number of carbonyl (C=O) groups excluding carboxylic acids is 2. The molecule has 0 unspecified atom stereocenters. The molecule has 0 aromatic heterocycles. The molecule has 0 radical (unpaired) electrons. The summed E-state index contributed by atoms with van der Waals surface area (Å²) in [5.41, 5.74) is 0.922. The van der Waals surface area contributed by atoms with Crippen LogP contribution in [-0.2, 0) is 29.0 Å². The predicted molar refractivity (Wildman–Crippen MR) is 97.2 cm³/mol. The van der Waals surface area contributed by atoms with Gasteiger partial charge in [0.15, 0.2) is 6.61 Å². The number of methoxy groups -OCH3 is 2. The van der Waals surface area contributed by atoms with Gasteiger partial charge >= 0.3 is 12.1 Å². The maximum Gasteiger partial charge on any atom is 0.508 e. The number of esters is 1. The van der Waals surface area contributed by atoms with Gasteiger partial charge in [0, 0.05) is 12.6 Å². The molecule has 1 rings (SSSR count). The number of hydrogen-bond acceptors (Lipinski definition) is 7. The average molecular weight is 395 g/mol. The van der Waals surface area contributed by atoms with Gasteiger partial charge in [-0.05, 0) is 19.1 Å². The Morgan fingerprint density at radius 3 is 2.37 bits per heavy atom. The molecule has 1 aromatic carbocycles. The first-order chi connectivity index (χ1) is 12.8. The van der Waals surface area contributed by atoms with Gasteiger partial charge < -0.3 is 14.2 Å². The van der Waals surface area contributed by atoms with E-state index >= 15 is 0 Å². The van der Waals surface area contributed by atoms with Gasteiger partial charge in [-0.25, -0.2) is 18.0 Å². The van der Waals surface area contributed by atoms with Crippen molar-refractivity contribution >= 4 is 22.1 Å². The van der Waals surface area contributed by atoms with E-state index in [9.17, 15) is 18.0 Å². The third kappa shape index (κ3) is 7.52. The number of carbonyl (C=O) groups is 2. The summed E-state index contributed by atoms with van der Waals surface area (Å²) in [5.74, 6) is 4.55. The van der Waals surface area contributed by atoms with Gasteiger partial charge in [0.25, 0.3) is 0 Å². The Kier molecular flexibility index (Phi) is 9.05. The van der Waals surface area contributed by atoms with Crippen molar-refractivity contribution in [3.8, 4) is 11.8 Å². The van der Waals surface area contributed by atoms with Gasteiger partial charge in [0.1, 0.15) is 0 Å². The summed E-state index contributed by atoms with van der Waals surface area (Å²) in [4.78, 5) is 22.1. The zero-order chi connectivity index (χ0) is 20.3. The summed E-state index contributed by atoms with van der Waals surface area (Å²) in [7, 11) is -1.45. The summed E-state index contributed by atoms with van der Waals surface area (Å²) in [6, 6.07) is 6.36. The van der Waals surface area contributed by atoms with Crippen LogP contribution in [0.5, 0.6) is 0 Å². The Hall–Kier alpha value is -2.83. The minimum absolute atomic E-state index is 0.0855. The van der Waals surface area contributed by atoms with Crippen molar-refractivity contribution in [2.75, 3.05) is 33.9 Å². The van der Waals surface area contributed by atoms with Crippen molar-refractivity contribution in [3.63, 3.8) is 0 Å². The summed E-state index contributed by atoms with van der Waals surface area (Å²) in [5, 5.41) is 0. The standard InChI is InChI=1S/C18H21NO7S/c1-15-8-10-16(11-9-15)27(22,23)19(13-6-7-17(20)24-2)12-4-5-14-26-18(21)25-3/h6-11H,12-14H2,1-3H3/b7-6-. The molecule has 0 atom stereocenters. The van der Waals surface area contributed by atoms with Gasteiger partial charge in [0.05, 0.1) is 25.7 Å². The molecular weight excluding hydrogens is 374 g/mol. The molecule has 0 aliphatic rings. The molecule has 0 heterocycles. The van der Waals surface area contributed by atoms with Crippen LogP contribution < -0.4 is 0 Å². The van der Waals surface area contributed by atoms with E-state index in [0.717, 1.165) is 15.9 Å². The molecule has 0 N–H and O–H groups in total. The van der Waals surface area contributed by atoms with E-state index in [1.807, 2.05) is 6.92 Å². The smallest absolute Gasteiger partial charge is 0.466 e. The summed E-state index contributed by atoms with van der Waals surface area (Å²) in [6.07, 6.45) is 1.62. The van der Waals surface area contributed by atoms with Crippen LogP contribution in [0.4, 0.5) is 4.79 Å². The Balaban J connectivity index is 2.94. The number of hydrogen-bond donors (Lipinski definition) is 0. The van der Waals surface area contributed by atoms with E-state index in [0.29, 0.717) is 0 Å². The maximum atomic E-state index is 12.8. The van der Waals surface area contributed by atoms with Crippen LogP contribution in [0, 0.1) is 18.8 Å². The van der Waals surface area contributed by atoms with Crippen LogP contribution in [-0.4, -0.2) is 58.8 Å². The van der Waals surface area contributed by atoms with Crippen LogP contribution in [0.1, 0.15) is 5.56 Å². The molecule has 9 heteroatoms. The molecule has 0 aliphatic carbocycles. The minimum atomic E-state index is -3.84. The molecule has 0 saturated carbocycles. The minimum Gasteiger partial charge on any atom is -0.466 e. The third-order valence-corrected chi connectivity index (χ3v) is 5.06. The topological polar surface area (TPSA) is 99.2 Å². The highest BCUT2D eigenvalue weighted by Crippen LogP contribution is 2.16. The number of benzene rings is 1. The van der Waals surface area contributed by atoms with E-state index in [4.69, 9.17) is 0 Å². The summed E-state index contributed by atoms with van der Waals surface area (Å²) in [6.45, 7) is 1.37. The summed E-state index contributed by atoms with van der Waals surface area (Å²) >= 11 is 0. The highest BCUT2D eigenvalue weighted by molar-refractivity contribution is 7.89. The Bertz CT molecular complexity index is 833. The molecule has 146 valence electrons. The van der Waals surface area contributed by atoms with Crippen LogP contribution in [0.15, 0.2) is 41.3 Å². The first kappa shape index (κ1) is 22.2. The average Bonchev–Trinajstić information content (AvgIpc) is 2.65. The number of sulfonamides is 1. The quantitative estimate of drug-likeness (QED) is 0.392. The lowest BCUT2D eigenvalue weighted by atomic mass is 10.2. The Labute approximate surface area is 158 Å². The van der Waals surface area contributed by atoms with E-state index in [2.05, 4.69) is 26.1 Å². The Morgan fingerprint density at radius 2 is 1.78 bits per heavy atom. The van der Waals surface area contributed by atoms with Crippen molar-refractivity contribution in [1.82, 2.24) is 4.31 Å². The van der Waals surface area contributed by atoms with Crippen molar-refractivity contribution < 1.29 is 32.2 Å². The Morgan fingerprint density at radius 1 is 1.11 bits per heavy atom. The molecule has 0 amide bonds. The number of nitrogens with zero attached hydrogens (tertiary/aromatic N) is 1. The molecule has 0 saturated heterocycles. The van der Waals surface area contributed by atoms with Gasteiger partial charge in [-0.3, -0.25) is 0 Å². The van der Waals surface area contributed by atoms with E-state index in [-0.39, 0.29) is 24.6 Å². The van der Waals surface area contributed by atoms with Crippen molar-refractivity contribution in [2.45, 2.75) is 11.8 Å². The lowest BCUT2D eigenvalue weighted by molar-refractivity contribution is -0.134. The predicted octanol–water partition coefficient (Wildman–Crippen LogP) is 1.50. The number of rotatable bonds is 7. The largest absolute Gasteiger partial charge is 0.508 e. The number of ether oxygens (including phenoxy) is 3. The zero-order valence-corrected chi connectivity index (χ0v) is 16.1. The van der Waals surface area contributed by atoms with Crippen LogP contribution in [0.2, 0.25) is 0 Å². The lowest BCUT2D eigenvalue weighted by Gasteiger charge is -2.18. The second-order valence-electron chi connectivity index (χ2n) is 5.13. The second-order valence-corrected chi connectivity index (χ2v) is 7.07. The highest BCUT2D eigenvalue weighted by atomic mass is 32.2. The van der Waals surface area contributed by atoms with Gasteiger partial charge in [0.2, 0.25) is 10.0 Å². The van der Waals surface area contributed by atoms with E-state index < -0.39 is 22.1 Å². The monoisotopic (exact) mass is 395 g/mol. The van der Waals surface area contributed by atoms with Crippen LogP contribution in [0.25, 0.3) is 0 Å². The molecule has 27 heavy (non-hydrogen) atoms. The molecule has 0 bridgehead atoms. The van der Waals surface area contributed by atoms with Crippen molar-refractivity contribution in [3.05, 3.63) is 42.0 Å².